The third kappa shape index (κ3) is 4.41. The van der Waals surface area contributed by atoms with Gasteiger partial charge in [0.1, 0.15) is 11.6 Å². The molecule has 1 aliphatic carbocycles. The van der Waals surface area contributed by atoms with Crippen molar-refractivity contribution in [1.82, 2.24) is 25.4 Å². The average Bonchev–Trinajstić information content (AvgIpc) is 3.28. The highest BCUT2D eigenvalue weighted by Gasteiger charge is 2.40. The van der Waals surface area contributed by atoms with E-state index in [-0.39, 0.29) is 47.8 Å². The second kappa shape index (κ2) is 8.53. The van der Waals surface area contributed by atoms with Crippen LogP contribution in [-0.4, -0.2) is 39.9 Å². The molecule has 2 aromatic rings. The summed E-state index contributed by atoms with van der Waals surface area (Å²) >= 11 is 0. The SMILES string of the molecule is CCc1nc2n(n1)CC(NC(=NC)NC1CC1c1ccccc1F)CC2.I. The zero-order valence-corrected chi connectivity index (χ0v) is 18.0. The van der Waals surface area contributed by atoms with Crippen molar-refractivity contribution in [2.45, 2.75) is 57.2 Å². The standard InChI is InChI=1S/C19H25FN6.HI/c1-3-17-24-18-9-8-12(11-26(18)25-17)22-19(21-2)23-16-10-14(16)13-6-4-5-7-15(13)20;/h4-7,12,14,16H,3,8-11H2,1-2H3,(H2,21,22,23);1H. The van der Waals surface area contributed by atoms with E-state index in [0.29, 0.717) is 0 Å². The van der Waals surface area contributed by atoms with Gasteiger partial charge in [0.15, 0.2) is 11.8 Å². The highest BCUT2D eigenvalue weighted by Crippen LogP contribution is 2.41. The van der Waals surface area contributed by atoms with E-state index < -0.39 is 0 Å². The maximum atomic E-state index is 13.9. The van der Waals surface area contributed by atoms with Gasteiger partial charge in [-0.15, -0.1) is 24.0 Å². The van der Waals surface area contributed by atoms with Gasteiger partial charge in [0.05, 0.1) is 6.54 Å². The number of aryl methyl sites for hydroxylation is 2. The molecule has 0 spiro atoms. The van der Waals surface area contributed by atoms with Crippen molar-refractivity contribution >= 4 is 29.9 Å². The smallest absolute Gasteiger partial charge is 0.191 e. The average molecular weight is 484 g/mol. The maximum absolute atomic E-state index is 13.9. The summed E-state index contributed by atoms with van der Waals surface area (Å²) in [6, 6.07) is 7.52. The van der Waals surface area contributed by atoms with Crippen molar-refractivity contribution in [2.75, 3.05) is 7.05 Å². The van der Waals surface area contributed by atoms with Gasteiger partial charge < -0.3 is 10.6 Å². The summed E-state index contributed by atoms with van der Waals surface area (Å²) in [7, 11) is 1.77. The Labute approximate surface area is 176 Å². The molecular weight excluding hydrogens is 458 g/mol. The minimum absolute atomic E-state index is 0. The highest BCUT2D eigenvalue weighted by molar-refractivity contribution is 14.0. The van der Waals surface area contributed by atoms with Gasteiger partial charge in [-0.05, 0) is 24.5 Å². The Morgan fingerprint density at radius 3 is 2.89 bits per heavy atom. The van der Waals surface area contributed by atoms with Gasteiger partial charge in [-0.1, -0.05) is 25.1 Å². The fraction of sp³-hybridized carbons (Fsp3) is 0.526. The normalized spacial score (nSPS) is 24.0. The number of hydrogen-bond donors (Lipinski definition) is 2. The van der Waals surface area contributed by atoms with Crippen LogP contribution in [0.4, 0.5) is 4.39 Å². The van der Waals surface area contributed by atoms with Crippen LogP contribution >= 0.6 is 24.0 Å². The second-order valence-corrected chi connectivity index (χ2v) is 7.05. The topological polar surface area (TPSA) is 67.1 Å². The second-order valence-electron chi connectivity index (χ2n) is 7.05. The molecule has 8 heteroatoms. The van der Waals surface area contributed by atoms with Crippen LogP contribution < -0.4 is 10.6 Å². The van der Waals surface area contributed by atoms with E-state index in [9.17, 15) is 4.39 Å². The molecule has 6 nitrogen and oxygen atoms in total. The summed E-state index contributed by atoms with van der Waals surface area (Å²) in [6.45, 7) is 2.87. The van der Waals surface area contributed by atoms with Crippen LogP contribution in [0.5, 0.6) is 0 Å². The third-order valence-corrected chi connectivity index (χ3v) is 5.20. The lowest BCUT2D eigenvalue weighted by Gasteiger charge is -2.25. The number of benzene rings is 1. The van der Waals surface area contributed by atoms with Gasteiger partial charge in [-0.25, -0.2) is 14.1 Å². The van der Waals surface area contributed by atoms with Gasteiger partial charge >= 0.3 is 0 Å². The molecule has 1 aromatic heterocycles. The number of hydrogen-bond acceptors (Lipinski definition) is 3. The van der Waals surface area contributed by atoms with Crippen LogP contribution in [-0.2, 0) is 19.4 Å². The Balaban J connectivity index is 0.00000210. The molecule has 3 atom stereocenters. The monoisotopic (exact) mass is 484 g/mol. The molecule has 1 aromatic carbocycles. The zero-order valence-electron chi connectivity index (χ0n) is 15.7. The number of fused-ring (bicyclic) bond motifs is 1. The van der Waals surface area contributed by atoms with Crippen molar-refractivity contribution in [3.8, 4) is 0 Å². The number of aromatic nitrogens is 3. The van der Waals surface area contributed by atoms with Crippen LogP contribution in [0.25, 0.3) is 0 Å². The molecule has 4 rings (SSSR count). The summed E-state index contributed by atoms with van der Waals surface area (Å²) in [5.41, 5.74) is 0.789. The van der Waals surface area contributed by atoms with E-state index >= 15 is 0 Å². The summed E-state index contributed by atoms with van der Waals surface area (Å²) in [4.78, 5) is 8.90. The van der Waals surface area contributed by atoms with Crippen LogP contribution in [0.15, 0.2) is 29.3 Å². The number of halogens is 2. The van der Waals surface area contributed by atoms with E-state index in [1.54, 1.807) is 13.1 Å². The first-order chi connectivity index (χ1) is 12.7. The molecule has 0 bridgehead atoms. The molecule has 2 aliphatic rings. The molecule has 2 heterocycles. The first-order valence-electron chi connectivity index (χ1n) is 9.34. The van der Waals surface area contributed by atoms with Gasteiger partial charge in [-0.2, -0.15) is 5.10 Å². The number of rotatable bonds is 4. The van der Waals surface area contributed by atoms with Crippen LogP contribution in [0.2, 0.25) is 0 Å². The van der Waals surface area contributed by atoms with Gasteiger partial charge in [0, 0.05) is 37.9 Å². The molecule has 27 heavy (non-hydrogen) atoms. The molecule has 0 saturated heterocycles. The molecule has 3 unspecified atom stereocenters. The van der Waals surface area contributed by atoms with Crippen LogP contribution in [0.3, 0.4) is 0 Å². The molecule has 1 aliphatic heterocycles. The largest absolute Gasteiger partial charge is 0.353 e. The quantitative estimate of drug-likeness (QED) is 0.398. The number of nitrogens with one attached hydrogen (secondary N) is 2. The van der Waals surface area contributed by atoms with Crippen molar-refractivity contribution in [3.63, 3.8) is 0 Å². The van der Waals surface area contributed by atoms with Crippen molar-refractivity contribution < 1.29 is 4.39 Å². The van der Waals surface area contributed by atoms with Crippen molar-refractivity contribution in [1.29, 1.82) is 0 Å². The van der Waals surface area contributed by atoms with E-state index in [4.69, 9.17) is 0 Å². The lowest BCUT2D eigenvalue weighted by atomic mass is 10.1. The van der Waals surface area contributed by atoms with Crippen LogP contribution in [0.1, 0.15) is 42.9 Å². The summed E-state index contributed by atoms with van der Waals surface area (Å²) < 4.78 is 15.9. The Morgan fingerprint density at radius 1 is 1.33 bits per heavy atom. The molecule has 1 saturated carbocycles. The number of nitrogens with zero attached hydrogens (tertiary/aromatic N) is 4. The Morgan fingerprint density at radius 2 is 2.15 bits per heavy atom. The minimum Gasteiger partial charge on any atom is -0.353 e. The maximum Gasteiger partial charge on any atom is 0.191 e. The lowest BCUT2D eigenvalue weighted by molar-refractivity contribution is 0.392. The van der Waals surface area contributed by atoms with E-state index in [1.807, 2.05) is 16.8 Å². The molecule has 0 amide bonds. The lowest BCUT2D eigenvalue weighted by Crippen LogP contribution is -2.47. The molecular formula is C19H26FIN6. The fourth-order valence-corrected chi connectivity index (χ4v) is 3.64. The zero-order chi connectivity index (χ0) is 18.1. The predicted molar refractivity (Wildman–Crippen MR) is 114 cm³/mol. The van der Waals surface area contributed by atoms with E-state index in [0.717, 1.165) is 55.4 Å². The highest BCUT2D eigenvalue weighted by atomic mass is 127. The van der Waals surface area contributed by atoms with Gasteiger partial charge in [0.2, 0.25) is 0 Å². The van der Waals surface area contributed by atoms with E-state index in [2.05, 4.69) is 32.6 Å². The molecule has 0 radical (unpaired) electrons. The minimum atomic E-state index is -0.123. The predicted octanol–water partition coefficient (Wildman–Crippen LogP) is 2.63. The fourth-order valence-electron chi connectivity index (χ4n) is 3.64. The first-order valence-corrected chi connectivity index (χ1v) is 9.34. The first kappa shape index (κ1) is 20.0. The van der Waals surface area contributed by atoms with Gasteiger partial charge in [0.25, 0.3) is 0 Å². The summed E-state index contributed by atoms with van der Waals surface area (Å²) in [5.74, 6) is 2.86. The molecule has 1 fully saturated rings. The third-order valence-electron chi connectivity index (χ3n) is 5.20. The van der Waals surface area contributed by atoms with Crippen molar-refractivity contribution in [2.24, 2.45) is 4.99 Å². The Hall–Kier alpha value is -1.71. The van der Waals surface area contributed by atoms with E-state index in [1.165, 1.54) is 6.07 Å². The number of aliphatic imine (C=N–C) groups is 1. The van der Waals surface area contributed by atoms with Gasteiger partial charge in [-0.3, -0.25) is 4.99 Å². The molecule has 146 valence electrons. The van der Waals surface area contributed by atoms with Crippen molar-refractivity contribution in [3.05, 3.63) is 47.3 Å². The Bertz CT molecular complexity index is 820. The molecule has 2 N–H and O–H groups in total. The number of guanidine groups is 1. The Kier molecular flexibility index (Phi) is 6.33. The summed E-state index contributed by atoms with van der Waals surface area (Å²) in [5, 5.41) is 11.5. The van der Waals surface area contributed by atoms with Crippen LogP contribution in [0, 0.1) is 5.82 Å². The summed E-state index contributed by atoms with van der Waals surface area (Å²) in [6.07, 6.45) is 3.71.